The number of likely N-dealkylation sites (N-methyl/N-ethyl adjacent to an activating group) is 2. The Labute approximate surface area is 110 Å². The first-order chi connectivity index (χ1) is 8.69. The summed E-state index contributed by atoms with van der Waals surface area (Å²) >= 11 is 0. The minimum Gasteiger partial charge on any atom is -0.302 e. The van der Waals surface area contributed by atoms with E-state index in [4.69, 9.17) is 0 Å². The number of nitrogens with zero attached hydrogens (tertiary/aromatic N) is 3. The fourth-order valence-electron chi connectivity index (χ4n) is 2.80. The van der Waals surface area contributed by atoms with Gasteiger partial charge in [-0.3, -0.25) is 10.00 Å². The standard InChI is InChI=1S/C14H26N4/c1-4-6-12-9-13(16-15-12)10-17(2)11-14-7-5-8-18(14)3/h9,14H,4-8,10-11H2,1-3H3,(H,15,16)/t14-/m1/s1. The van der Waals surface area contributed by atoms with E-state index in [1.54, 1.807) is 0 Å². The molecular weight excluding hydrogens is 224 g/mol. The van der Waals surface area contributed by atoms with Gasteiger partial charge in [-0.1, -0.05) is 13.3 Å². The Balaban J connectivity index is 1.80. The highest BCUT2D eigenvalue weighted by Crippen LogP contribution is 2.16. The molecule has 1 N–H and O–H groups in total. The molecule has 102 valence electrons. The molecule has 4 heteroatoms. The zero-order valence-electron chi connectivity index (χ0n) is 11.9. The highest BCUT2D eigenvalue weighted by molar-refractivity contribution is 5.08. The number of aromatic amines is 1. The number of aryl methyl sites for hydroxylation is 1. The summed E-state index contributed by atoms with van der Waals surface area (Å²) in [5.41, 5.74) is 2.43. The quantitative estimate of drug-likeness (QED) is 0.837. The molecule has 1 atom stereocenters. The third kappa shape index (κ3) is 3.56. The van der Waals surface area contributed by atoms with Crippen molar-refractivity contribution in [2.75, 3.05) is 27.2 Å². The average molecular weight is 250 g/mol. The molecule has 1 saturated heterocycles. The van der Waals surface area contributed by atoms with E-state index >= 15 is 0 Å². The molecular formula is C14H26N4. The van der Waals surface area contributed by atoms with E-state index in [0.29, 0.717) is 0 Å². The van der Waals surface area contributed by atoms with Gasteiger partial charge in [-0.15, -0.1) is 0 Å². The van der Waals surface area contributed by atoms with E-state index in [-0.39, 0.29) is 0 Å². The first-order valence-electron chi connectivity index (χ1n) is 7.11. The first-order valence-corrected chi connectivity index (χ1v) is 7.11. The number of hydrogen-bond acceptors (Lipinski definition) is 3. The van der Waals surface area contributed by atoms with Gasteiger partial charge in [-0.2, -0.15) is 5.10 Å². The summed E-state index contributed by atoms with van der Waals surface area (Å²) in [6.45, 7) is 5.57. The van der Waals surface area contributed by atoms with Crippen molar-refractivity contribution in [3.8, 4) is 0 Å². The maximum atomic E-state index is 4.34. The molecule has 2 heterocycles. The molecule has 18 heavy (non-hydrogen) atoms. The third-order valence-corrected chi connectivity index (χ3v) is 3.82. The van der Waals surface area contributed by atoms with E-state index in [2.05, 4.69) is 47.1 Å². The molecule has 1 aliphatic heterocycles. The van der Waals surface area contributed by atoms with Gasteiger partial charge in [0.1, 0.15) is 0 Å². The summed E-state index contributed by atoms with van der Waals surface area (Å²) in [5, 5.41) is 7.50. The Morgan fingerprint density at radius 2 is 2.39 bits per heavy atom. The largest absolute Gasteiger partial charge is 0.302 e. The Bertz CT molecular complexity index is 360. The second-order valence-corrected chi connectivity index (χ2v) is 5.61. The Morgan fingerprint density at radius 1 is 1.56 bits per heavy atom. The highest BCUT2D eigenvalue weighted by Gasteiger charge is 2.22. The van der Waals surface area contributed by atoms with Crippen molar-refractivity contribution in [3.05, 3.63) is 17.5 Å². The molecule has 1 fully saturated rings. The van der Waals surface area contributed by atoms with Gasteiger partial charge >= 0.3 is 0 Å². The molecule has 1 aromatic heterocycles. The topological polar surface area (TPSA) is 35.2 Å². The van der Waals surface area contributed by atoms with Crippen LogP contribution in [0.4, 0.5) is 0 Å². The van der Waals surface area contributed by atoms with Gasteiger partial charge in [0.05, 0.1) is 5.69 Å². The summed E-state index contributed by atoms with van der Waals surface area (Å²) in [6.07, 6.45) is 4.92. The molecule has 0 radical (unpaired) electrons. The Kier molecular flexibility index (Phi) is 4.78. The molecule has 2 rings (SSSR count). The lowest BCUT2D eigenvalue weighted by Crippen LogP contribution is -2.36. The van der Waals surface area contributed by atoms with Gasteiger partial charge in [0.2, 0.25) is 0 Å². The summed E-state index contributed by atoms with van der Waals surface area (Å²) in [4.78, 5) is 4.88. The number of aromatic nitrogens is 2. The number of rotatable bonds is 6. The number of H-pyrrole nitrogens is 1. The maximum absolute atomic E-state index is 4.34. The van der Waals surface area contributed by atoms with E-state index < -0.39 is 0 Å². The zero-order chi connectivity index (χ0) is 13.0. The van der Waals surface area contributed by atoms with Crippen LogP contribution in [0.15, 0.2) is 6.07 Å². The fraction of sp³-hybridized carbons (Fsp3) is 0.786. The predicted molar refractivity (Wildman–Crippen MR) is 74.6 cm³/mol. The van der Waals surface area contributed by atoms with E-state index in [9.17, 15) is 0 Å². The molecule has 0 amide bonds. The van der Waals surface area contributed by atoms with E-state index in [1.165, 1.54) is 30.8 Å². The first kappa shape index (κ1) is 13.6. The van der Waals surface area contributed by atoms with E-state index in [0.717, 1.165) is 32.0 Å². The van der Waals surface area contributed by atoms with Crippen molar-refractivity contribution in [3.63, 3.8) is 0 Å². The minimum atomic E-state index is 0.730. The predicted octanol–water partition coefficient (Wildman–Crippen LogP) is 1.89. The molecule has 0 aromatic carbocycles. The van der Waals surface area contributed by atoms with Crippen LogP contribution < -0.4 is 0 Å². The maximum Gasteiger partial charge on any atom is 0.0625 e. The average Bonchev–Trinajstić information content (AvgIpc) is 2.90. The molecule has 0 saturated carbocycles. The molecule has 4 nitrogen and oxygen atoms in total. The van der Waals surface area contributed by atoms with Crippen LogP contribution in [0, 0.1) is 0 Å². The normalized spacial score (nSPS) is 21.0. The van der Waals surface area contributed by atoms with Crippen molar-refractivity contribution >= 4 is 0 Å². The molecule has 0 bridgehead atoms. The SMILES string of the molecule is CCCc1cc(CN(C)C[C@H]2CCCN2C)[nH]n1. The molecule has 1 aliphatic rings. The van der Waals surface area contributed by atoms with Gasteiger partial charge in [0, 0.05) is 24.8 Å². The van der Waals surface area contributed by atoms with Gasteiger partial charge in [0.15, 0.2) is 0 Å². The lowest BCUT2D eigenvalue weighted by atomic mass is 10.2. The molecule has 0 unspecified atom stereocenters. The summed E-state index contributed by atoms with van der Waals surface area (Å²) in [6, 6.07) is 2.94. The van der Waals surface area contributed by atoms with Gasteiger partial charge in [-0.25, -0.2) is 0 Å². The van der Waals surface area contributed by atoms with Crippen LogP contribution in [0.25, 0.3) is 0 Å². The number of nitrogens with one attached hydrogen (secondary N) is 1. The van der Waals surface area contributed by atoms with E-state index in [1.807, 2.05) is 0 Å². The smallest absolute Gasteiger partial charge is 0.0625 e. The fourth-order valence-corrected chi connectivity index (χ4v) is 2.80. The van der Waals surface area contributed by atoms with Gasteiger partial charge < -0.3 is 4.90 Å². The van der Waals surface area contributed by atoms with Crippen LogP contribution >= 0.6 is 0 Å². The zero-order valence-corrected chi connectivity index (χ0v) is 11.9. The van der Waals surface area contributed by atoms with Crippen molar-refractivity contribution < 1.29 is 0 Å². The van der Waals surface area contributed by atoms with Crippen molar-refractivity contribution in [2.45, 2.75) is 45.2 Å². The van der Waals surface area contributed by atoms with Gasteiger partial charge in [-0.05, 0) is 46.0 Å². The van der Waals surface area contributed by atoms with Crippen LogP contribution in [0.3, 0.4) is 0 Å². The minimum absolute atomic E-state index is 0.730. The second-order valence-electron chi connectivity index (χ2n) is 5.61. The van der Waals surface area contributed by atoms with Crippen LogP contribution in [-0.4, -0.2) is 53.2 Å². The van der Waals surface area contributed by atoms with Crippen molar-refractivity contribution in [2.24, 2.45) is 0 Å². The molecule has 0 spiro atoms. The van der Waals surface area contributed by atoms with Crippen molar-refractivity contribution in [1.29, 1.82) is 0 Å². The van der Waals surface area contributed by atoms with Crippen LogP contribution in [0.5, 0.6) is 0 Å². The summed E-state index contributed by atoms with van der Waals surface area (Å²) in [7, 11) is 4.44. The summed E-state index contributed by atoms with van der Waals surface area (Å²) < 4.78 is 0. The molecule has 0 aliphatic carbocycles. The Morgan fingerprint density at radius 3 is 3.06 bits per heavy atom. The highest BCUT2D eigenvalue weighted by atomic mass is 15.2. The van der Waals surface area contributed by atoms with Crippen LogP contribution in [-0.2, 0) is 13.0 Å². The third-order valence-electron chi connectivity index (χ3n) is 3.82. The van der Waals surface area contributed by atoms with Crippen LogP contribution in [0.2, 0.25) is 0 Å². The summed E-state index contributed by atoms with van der Waals surface area (Å²) in [5.74, 6) is 0. The van der Waals surface area contributed by atoms with Gasteiger partial charge in [0.25, 0.3) is 0 Å². The molecule has 1 aromatic rings. The lowest BCUT2D eigenvalue weighted by Gasteiger charge is -2.25. The monoisotopic (exact) mass is 250 g/mol. The number of hydrogen-bond donors (Lipinski definition) is 1. The number of likely N-dealkylation sites (tertiary alicyclic amines) is 1. The van der Waals surface area contributed by atoms with Crippen molar-refractivity contribution in [1.82, 2.24) is 20.0 Å². The Hall–Kier alpha value is -0.870. The lowest BCUT2D eigenvalue weighted by molar-refractivity contribution is 0.214. The second kappa shape index (κ2) is 6.34. The van der Waals surface area contributed by atoms with Crippen LogP contribution in [0.1, 0.15) is 37.6 Å².